The van der Waals surface area contributed by atoms with E-state index in [1.54, 1.807) is 0 Å². The Hall–Kier alpha value is -2.64. The third-order valence-electron chi connectivity index (χ3n) is 4.78. The Balaban J connectivity index is 1.60. The molecule has 1 amide bonds. The van der Waals surface area contributed by atoms with Gasteiger partial charge in [-0.2, -0.15) is 5.26 Å². The van der Waals surface area contributed by atoms with Crippen molar-refractivity contribution in [2.45, 2.75) is 31.7 Å². The van der Waals surface area contributed by atoms with Gasteiger partial charge in [-0.25, -0.2) is 0 Å². The molecule has 128 valence electrons. The fourth-order valence-corrected chi connectivity index (χ4v) is 3.52. The van der Waals surface area contributed by atoms with E-state index in [1.807, 2.05) is 31.3 Å². The second-order valence-electron chi connectivity index (χ2n) is 6.60. The fraction of sp³-hybridized carbons (Fsp3) is 0.333. The Labute approximate surface area is 149 Å². The lowest BCUT2D eigenvalue weighted by atomic mass is 9.87. The van der Waals surface area contributed by atoms with Crippen LogP contribution in [-0.2, 0) is 17.6 Å². The van der Waals surface area contributed by atoms with Gasteiger partial charge in [0, 0.05) is 11.7 Å². The molecule has 3 rings (SSSR count). The first kappa shape index (κ1) is 17.2. The highest BCUT2D eigenvalue weighted by Crippen LogP contribution is 2.33. The van der Waals surface area contributed by atoms with Crippen molar-refractivity contribution >= 4 is 11.6 Å². The van der Waals surface area contributed by atoms with Gasteiger partial charge in [-0.15, -0.1) is 0 Å². The zero-order chi connectivity index (χ0) is 17.6. The monoisotopic (exact) mass is 333 g/mol. The van der Waals surface area contributed by atoms with Crippen LogP contribution in [0.5, 0.6) is 0 Å². The normalized spacial score (nSPS) is 16.1. The zero-order valence-corrected chi connectivity index (χ0v) is 14.5. The van der Waals surface area contributed by atoms with Gasteiger partial charge in [0.1, 0.15) is 0 Å². The van der Waals surface area contributed by atoms with Crippen molar-refractivity contribution in [3.8, 4) is 6.07 Å². The van der Waals surface area contributed by atoms with E-state index >= 15 is 0 Å². The molecule has 1 aliphatic carbocycles. The summed E-state index contributed by atoms with van der Waals surface area (Å²) in [6.45, 7) is 0.360. The average molecular weight is 333 g/mol. The van der Waals surface area contributed by atoms with Crippen molar-refractivity contribution in [3.63, 3.8) is 0 Å². The summed E-state index contributed by atoms with van der Waals surface area (Å²) in [6.07, 6.45) is 3.76. The Morgan fingerprint density at radius 1 is 1.24 bits per heavy atom. The molecule has 0 aliphatic heterocycles. The van der Waals surface area contributed by atoms with Crippen LogP contribution in [0.1, 0.15) is 35.6 Å². The minimum absolute atomic E-state index is 0.0152. The van der Waals surface area contributed by atoms with Gasteiger partial charge in [0.05, 0.1) is 19.0 Å². The van der Waals surface area contributed by atoms with Gasteiger partial charge in [0.15, 0.2) is 0 Å². The predicted molar refractivity (Wildman–Crippen MR) is 99.1 cm³/mol. The molecule has 0 fully saturated rings. The average Bonchev–Trinajstić information content (AvgIpc) is 2.63. The van der Waals surface area contributed by atoms with E-state index in [4.69, 9.17) is 5.26 Å². The minimum Gasteiger partial charge on any atom is -0.325 e. The van der Waals surface area contributed by atoms with E-state index in [0.29, 0.717) is 19.0 Å². The van der Waals surface area contributed by atoms with Crippen LogP contribution < -0.4 is 5.32 Å². The molecule has 0 heterocycles. The van der Waals surface area contributed by atoms with Gasteiger partial charge in [-0.3, -0.25) is 9.69 Å². The first-order valence-electron chi connectivity index (χ1n) is 8.71. The lowest BCUT2D eigenvalue weighted by molar-refractivity contribution is -0.117. The summed E-state index contributed by atoms with van der Waals surface area (Å²) in [5, 5.41) is 11.6. The second-order valence-corrected chi connectivity index (χ2v) is 6.60. The summed E-state index contributed by atoms with van der Waals surface area (Å²) < 4.78 is 0. The highest BCUT2D eigenvalue weighted by atomic mass is 16.2. The standard InChI is InChI=1S/C21H23N3O/c1-24(20-8-4-6-17-5-2-3-7-19(17)20)15-21(25)23-18-11-9-16(10-12-18)13-14-22/h2-3,5,7,9-12,20H,4,6,8,13,15H2,1H3,(H,23,25)/t20-/m0/s1. The molecule has 0 spiro atoms. The molecule has 25 heavy (non-hydrogen) atoms. The summed E-state index contributed by atoms with van der Waals surface area (Å²) >= 11 is 0. The molecule has 0 radical (unpaired) electrons. The topological polar surface area (TPSA) is 56.1 Å². The minimum atomic E-state index is -0.0152. The van der Waals surface area contributed by atoms with Crippen LogP contribution in [0, 0.1) is 11.3 Å². The SMILES string of the molecule is CN(CC(=O)Nc1ccc(CC#N)cc1)[C@H]1CCCc2ccccc21. The highest BCUT2D eigenvalue weighted by molar-refractivity contribution is 5.92. The summed E-state index contributed by atoms with van der Waals surface area (Å²) in [6, 6.07) is 18.4. The molecule has 4 nitrogen and oxygen atoms in total. The van der Waals surface area contributed by atoms with Crippen molar-refractivity contribution < 1.29 is 4.79 Å². The number of benzene rings is 2. The Kier molecular flexibility index (Phi) is 5.47. The molecule has 2 aromatic rings. The lowest BCUT2D eigenvalue weighted by Crippen LogP contribution is -2.34. The zero-order valence-electron chi connectivity index (χ0n) is 14.5. The second kappa shape index (κ2) is 7.96. The summed E-state index contributed by atoms with van der Waals surface area (Å²) in [4.78, 5) is 14.5. The molecule has 0 saturated heterocycles. The number of hydrogen-bond donors (Lipinski definition) is 1. The maximum atomic E-state index is 12.4. The number of carbonyl (C=O) groups excluding carboxylic acids is 1. The van der Waals surface area contributed by atoms with E-state index in [1.165, 1.54) is 11.1 Å². The Bertz CT molecular complexity index is 776. The molecular weight excluding hydrogens is 310 g/mol. The molecule has 2 aromatic carbocycles. The molecule has 1 aliphatic rings. The van der Waals surface area contributed by atoms with Crippen LogP contribution in [-0.4, -0.2) is 24.4 Å². The number of likely N-dealkylation sites (N-methyl/N-ethyl adjacent to an activating group) is 1. The maximum Gasteiger partial charge on any atom is 0.238 e. The van der Waals surface area contributed by atoms with Crippen LogP contribution in [0.2, 0.25) is 0 Å². The van der Waals surface area contributed by atoms with Gasteiger partial charge in [0.25, 0.3) is 0 Å². The van der Waals surface area contributed by atoms with Crippen molar-refractivity contribution in [1.82, 2.24) is 4.90 Å². The number of hydrogen-bond acceptors (Lipinski definition) is 3. The van der Waals surface area contributed by atoms with Crippen molar-refractivity contribution in [3.05, 3.63) is 65.2 Å². The Morgan fingerprint density at radius 2 is 2.00 bits per heavy atom. The van der Waals surface area contributed by atoms with E-state index in [9.17, 15) is 4.79 Å². The molecule has 4 heteroatoms. The third-order valence-corrected chi connectivity index (χ3v) is 4.78. The van der Waals surface area contributed by atoms with Crippen molar-refractivity contribution in [2.75, 3.05) is 18.9 Å². The molecule has 0 aromatic heterocycles. The number of nitriles is 1. The molecule has 1 N–H and O–H groups in total. The predicted octanol–water partition coefficient (Wildman–Crippen LogP) is 3.70. The van der Waals surface area contributed by atoms with Crippen LogP contribution in [0.3, 0.4) is 0 Å². The highest BCUT2D eigenvalue weighted by Gasteiger charge is 2.24. The first-order valence-corrected chi connectivity index (χ1v) is 8.71. The van der Waals surface area contributed by atoms with Gasteiger partial charge in [-0.05, 0) is 55.1 Å². The molecule has 0 saturated carbocycles. The van der Waals surface area contributed by atoms with Crippen LogP contribution >= 0.6 is 0 Å². The maximum absolute atomic E-state index is 12.4. The van der Waals surface area contributed by atoms with E-state index < -0.39 is 0 Å². The molecule has 1 atom stereocenters. The van der Waals surface area contributed by atoms with E-state index in [0.717, 1.165) is 30.5 Å². The van der Waals surface area contributed by atoms with E-state index in [-0.39, 0.29) is 5.91 Å². The summed E-state index contributed by atoms with van der Waals surface area (Å²) in [7, 11) is 2.02. The van der Waals surface area contributed by atoms with Gasteiger partial charge < -0.3 is 5.32 Å². The van der Waals surface area contributed by atoms with E-state index in [2.05, 4.69) is 40.6 Å². The van der Waals surface area contributed by atoms with Gasteiger partial charge in [0.2, 0.25) is 5.91 Å². The van der Waals surface area contributed by atoms with Gasteiger partial charge >= 0.3 is 0 Å². The number of rotatable bonds is 5. The quantitative estimate of drug-likeness (QED) is 0.907. The van der Waals surface area contributed by atoms with Crippen LogP contribution in [0.25, 0.3) is 0 Å². The largest absolute Gasteiger partial charge is 0.325 e. The van der Waals surface area contributed by atoms with Crippen molar-refractivity contribution in [1.29, 1.82) is 5.26 Å². The number of aryl methyl sites for hydroxylation is 1. The summed E-state index contributed by atoms with van der Waals surface area (Å²) in [5.41, 5.74) is 4.48. The number of fused-ring (bicyclic) bond motifs is 1. The third kappa shape index (κ3) is 4.26. The Morgan fingerprint density at radius 3 is 2.76 bits per heavy atom. The lowest BCUT2D eigenvalue weighted by Gasteiger charge is -2.32. The molecular formula is C21H23N3O. The van der Waals surface area contributed by atoms with Crippen molar-refractivity contribution in [2.24, 2.45) is 0 Å². The van der Waals surface area contributed by atoms with Crippen LogP contribution in [0.15, 0.2) is 48.5 Å². The number of amides is 1. The van der Waals surface area contributed by atoms with Crippen LogP contribution in [0.4, 0.5) is 5.69 Å². The molecule has 0 bridgehead atoms. The number of nitrogens with zero attached hydrogens (tertiary/aromatic N) is 2. The fourth-order valence-electron chi connectivity index (χ4n) is 3.52. The smallest absolute Gasteiger partial charge is 0.238 e. The summed E-state index contributed by atoms with van der Waals surface area (Å²) in [5.74, 6) is -0.0152. The number of anilines is 1. The molecule has 0 unspecified atom stereocenters. The van der Waals surface area contributed by atoms with Gasteiger partial charge in [-0.1, -0.05) is 36.4 Å². The number of nitrogens with one attached hydrogen (secondary N) is 1. The first-order chi connectivity index (χ1) is 12.2. The number of carbonyl (C=O) groups is 1.